The number of hydrogen-bond donors (Lipinski definition) is 1. The molecule has 7 nitrogen and oxygen atoms in total. The Morgan fingerprint density at radius 2 is 1.75 bits per heavy atom. The fourth-order valence-corrected chi connectivity index (χ4v) is 3.95. The summed E-state index contributed by atoms with van der Waals surface area (Å²) in [5.41, 5.74) is 3.40. The molecule has 2 heterocycles. The van der Waals surface area contributed by atoms with Crippen molar-refractivity contribution in [2.75, 3.05) is 37.6 Å². The fourth-order valence-electron chi connectivity index (χ4n) is 3.95. The van der Waals surface area contributed by atoms with Gasteiger partial charge in [0.05, 0.1) is 11.5 Å². The number of Topliss-reactive ketones (excluding diaryl/α,β-unsaturated/α-hetero) is 1. The smallest absolute Gasteiger partial charge is 0.292 e. The third-order valence-corrected chi connectivity index (χ3v) is 5.33. The van der Waals surface area contributed by atoms with Gasteiger partial charge >= 0.3 is 0 Å². The normalized spacial score (nSPS) is 15.1. The van der Waals surface area contributed by atoms with Crippen LogP contribution in [0.4, 0.5) is 11.4 Å². The zero-order valence-electron chi connectivity index (χ0n) is 15.7. The summed E-state index contributed by atoms with van der Waals surface area (Å²) in [6, 6.07) is 14.7. The van der Waals surface area contributed by atoms with Crippen LogP contribution in [-0.2, 0) is 0 Å². The molecule has 3 aromatic rings. The molecule has 0 spiro atoms. The lowest BCUT2D eigenvalue weighted by molar-refractivity contribution is -0.384. The summed E-state index contributed by atoms with van der Waals surface area (Å²) >= 11 is 0. The van der Waals surface area contributed by atoms with E-state index in [2.05, 4.69) is 9.88 Å². The van der Waals surface area contributed by atoms with Crippen LogP contribution >= 0.6 is 0 Å². The molecule has 28 heavy (non-hydrogen) atoms. The highest BCUT2D eigenvalue weighted by atomic mass is 16.6. The number of anilines is 1. The third-order valence-electron chi connectivity index (χ3n) is 5.33. The maximum atomic E-state index is 12.9. The van der Waals surface area contributed by atoms with E-state index in [1.807, 2.05) is 42.2 Å². The van der Waals surface area contributed by atoms with Crippen LogP contribution in [0.5, 0.6) is 0 Å². The number of piperazine rings is 1. The molecule has 0 radical (unpaired) electrons. The number of ketones is 1. The lowest BCUT2D eigenvalue weighted by Crippen LogP contribution is -2.48. The van der Waals surface area contributed by atoms with Crippen LogP contribution < -0.4 is 4.90 Å². The second kappa shape index (κ2) is 7.44. The Morgan fingerprint density at radius 1 is 1.07 bits per heavy atom. The van der Waals surface area contributed by atoms with Gasteiger partial charge in [0.25, 0.3) is 5.69 Å². The van der Waals surface area contributed by atoms with Gasteiger partial charge in [0.15, 0.2) is 5.78 Å². The number of nitrogens with zero attached hydrogens (tertiary/aromatic N) is 3. The van der Waals surface area contributed by atoms with Crippen LogP contribution in [-0.4, -0.2) is 53.3 Å². The SMILES string of the molecule is Cc1[nH]c2ccccc2c1C(=O)CN1CCN(c2ccccc2[N+](=O)[O-])CC1. The minimum atomic E-state index is -0.342. The number of nitrogens with one attached hydrogen (secondary N) is 1. The highest BCUT2D eigenvalue weighted by Crippen LogP contribution is 2.28. The molecule has 0 bridgehead atoms. The largest absolute Gasteiger partial charge is 0.363 e. The van der Waals surface area contributed by atoms with E-state index in [0.29, 0.717) is 38.4 Å². The van der Waals surface area contributed by atoms with Gasteiger partial charge in [-0.15, -0.1) is 0 Å². The standard InChI is InChI=1S/C21H22N4O3/c1-15-21(16-6-2-3-7-17(16)22-15)20(26)14-23-10-12-24(13-11-23)18-8-4-5-9-19(18)25(27)28/h2-9,22H,10-14H2,1H3. The quantitative estimate of drug-likeness (QED) is 0.418. The molecule has 2 aromatic carbocycles. The van der Waals surface area contributed by atoms with Crippen molar-refractivity contribution < 1.29 is 9.72 Å². The van der Waals surface area contributed by atoms with Crippen molar-refractivity contribution in [1.82, 2.24) is 9.88 Å². The van der Waals surface area contributed by atoms with Crippen molar-refractivity contribution in [1.29, 1.82) is 0 Å². The Balaban J connectivity index is 1.44. The van der Waals surface area contributed by atoms with E-state index in [9.17, 15) is 14.9 Å². The van der Waals surface area contributed by atoms with Crippen LogP contribution in [0.15, 0.2) is 48.5 Å². The van der Waals surface area contributed by atoms with Crippen molar-refractivity contribution in [3.8, 4) is 0 Å². The first-order chi connectivity index (χ1) is 13.5. The van der Waals surface area contributed by atoms with Gasteiger partial charge < -0.3 is 9.88 Å². The number of fused-ring (bicyclic) bond motifs is 1. The number of carbonyl (C=O) groups excluding carboxylic acids is 1. The highest BCUT2D eigenvalue weighted by Gasteiger charge is 2.25. The fraction of sp³-hybridized carbons (Fsp3) is 0.286. The molecule has 1 saturated heterocycles. The maximum absolute atomic E-state index is 12.9. The van der Waals surface area contributed by atoms with E-state index in [4.69, 9.17) is 0 Å². The van der Waals surface area contributed by atoms with Crippen molar-refractivity contribution >= 4 is 28.1 Å². The summed E-state index contributed by atoms with van der Waals surface area (Å²) < 4.78 is 0. The van der Waals surface area contributed by atoms with Gasteiger partial charge in [0, 0.05) is 54.4 Å². The van der Waals surface area contributed by atoms with Crippen molar-refractivity contribution in [2.45, 2.75) is 6.92 Å². The number of H-pyrrole nitrogens is 1. The molecular formula is C21H22N4O3. The van der Waals surface area contributed by atoms with E-state index in [0.717, 1.165) is 22.2 Å². The molecule has 4 rings (SSSR count). The Morgan fingerprint density at radius 3 is 2.50 bits per heavy atom. The average molecular weight is 378 g/mol. The van der Waals surface area contributed by atoms with Crippen LogP contribution in [0.2, 0.25) is 0 Å². The topological polar surface area (TPSA) is 82.5 Å². The number of hydrogen-bond acceptors (Lipinski definition) is 5. The molecule has 7 heteroatoms. The number of para-hydroxylation sites is 3. The highest BCUT2D eigenvalue weighted by molar-refractivity contribution is 6.10. The summed E-state index contributed by atoms with van der Waals surface area (Å²) in [5.74, 6) is 0.106. The molecule has 0 unspecified atom stereocenters. The summed E-state index contributed by atoms with van der Waals surface area (Å²) in [4.78, 5) is 31.3. The molecule has 1 N–H and O–H groups in total. The minimum absolute atomic E-state index is 0.106. The van der Waals surface area contributed by atoms with Gasteiger partial charge in [0.1, 0.15) is 5.69 Å². The van der Waals surface area contributed by atoms with Crippen LogP contribution in [0.25, 0.3) is 10.9 Å². The third kappa shape index (κ3) is 3.36. The summed E-state index contributed by atoms with van der Waals surface area (Å²) in [7, 11) is 0. The first-order valence-corrected chi connectivity index (χ1v) is 9.36. The summed E-state index contributed by atoms with van der Waals surface area (Å²) in [6.45, 7) is 4.99. The molecular weight excluding hydrogens is 356 g/mol. The van der Waals surface area contributed by atoms with Gasteiger partial charge in [-0.2, -0.15) is 0 Å². The Labute approximate surface area is 162 Å². The average Bonchev–Trinajstić information content (AvgIpc) is 3.04. The van der Waals surface area contributed by atoms with Crippen LogP contribution in [0.1, 0.15) is 16.1 Å². The van der Waals surface area contributed by atoms with Gasteiger partial charge in [-0.1, -0.05) is 30.3 Å². The number of rotatable bonds is 5. The van der Waals surface area contributed by atoms with Crippen molar-refractivity contribution in [2.24, 2.45) is 0 Å². The number of nitro groups is 1. The number of carbonyl (C=O) groups is 1. The van der Waals surface area contributed by atoms with E-state index in [-0.39, 0.29) is 16.4 Å². The van der Waals surface area contributed by atoms with Gasteiger partial charge in [-0.3, -0.25) is 19.8 Å². The maximum Gasteiger partial charge on any atom is 0.292 e. The Hall–Kier alpha value is -3.19. The molecule has 0 aliphatic carbocycles. The lowest BCUT2D eigenvalue weighted by atomic mass is 10.1. The van der Waals surface area contributed by atoms with E-state index >= 15 is 0 Å². The van der Waals surface area contributed by atoms with Gasteiger partial charge in [-0.05, 0) is 19.1 Å². The van der Waals surface area contributed by atoms with Gasteiger partial charge in [-0.25, -0.2) is 0 Å². The zero-order valence-corrected chi connectivity index (χ0v) is 15.7. The first kappa shape index (κ1) is 18.2. The molecule has 0 saturated carbocycles. The number of benzene rings is 2. The second-order valence-corrected chi connectivity index (χ2v) is 7.10. The Bertz CT molecular complexity index is 1040. The first-order valence-electron chi connectivity index (χ1n) is 9.36. The number of aromatic nitrogens is 1. The van der Waals surface area contributed by atoms with Crippen molar-refractivity contribution in [3.63, 3.8) is 0 Å². The van der Waals surface area contributed by atoms with Crippen LogP contribution in [0.3, 0.4) is 0 Å². The number of aromatic amines is 1. The molecule has 1 aliphatic heterocycles. The predicted octanol–water partition coefficient (Wildman–Crippen LogP) is 3.39. The number of aryl methyl sites for hydroxylation is 1. The summed E-state index contributed by atoms with van der Waals surface area (Å²) in [5, 5.41) is 12.2. The molecule has 0 amide bonds. The van der Waals surface area contributed by atoms with E-state index < -0.39 is 0 Å². The van der Waals surface area contributed by atoms with Gasteiger partial charge in [0.2, 0.25) is 0 Å². The molecule has 0 atom stereocenters. The zero-order chi connectivity index (χ0) is 19.7. The van der Waals surface area contributed by atoms with E-state index in [1.54, 1.807) is 12.1 Å². The van der Waals surface area contributed by atoms with Crippen molar-refractivity contribution in [3.05, 3.63) is 69.9 Å². The molecule has 144 valence electrons. The molecule has 1 aromatic heterocycles. The van der Waals surface area contributed by atoms with E-state index in [1.165, 1.54) is 6.07 Å². The summed E-state index contributed by atoms with van der Waals surface area (Å²) in [6.07, 6.45) is 0. The molecule has 1 aliphatic rings. The minimum Gasteiger partial charge on any atom is -0.363 e. The van der Waals surface area contributed by atoms with Crippen LogP contribution in [0, 0.1) is 17.0 Å². The lowest BCUT2D eigenvalue weighted by Gasteiger charge is -2.35. The second-order valence-electron chi connectivity index (χ2n) is 7.10. The predicted molar refractivity (Wildman–Crippen MR) is 109 cm³/mol. The number of nitro benzene ring substituents is 1. The Kier molecular flexibility index (Phi) is 4.83. The monoisotopic (exact) mass is 378 g/mol. The molecule has 1 fully saturated rings.